The molecule has 0 atom stereocenters. The predicted molar refractivity (Wildman–Crippen MR) is 62.6 cm³/mol. The molecule has 0 aliphatic carbocycles. The van der Waals surface area contributed by atoms with Crippen molar-refractivity contribution in [2.45, 2.75) is 4.90 Å². The molecule has 83 valence electrons. The quantitative estimate of drug-likeness (QED) is 0.775. The monoisotopic (exact) mass is 255 g/mol. The fraction of sp³-hybridized carbons (Fsp3) is 0. The molecule has 0 bridgehead atoms. The van der Waals surface area contributed by atoms with Gasteiger partial charge in [0.15, 0.2) is 0 Å². The van der Waals surface area contributed by atoms with E-state index in [9.17, 15) is 8.42 Å². The van der Waals surface area contributed by atoms with Gasteiger partial charge in [-0.25, -0.2) is 0 Å². The molecule has 3 nitrogen and oxygen atoms in total. The first-order valence-corrected chi connectivity index (χ1v) is 6.19. The number of hydrogen-bond donors (Lipinski definition) is 0. The molecule has 0 N–H and O–H groups in total. The molecule has 0 saturated heterocycles. The van der Waals surface area contributed by atoms with Crippen LogP contribution in [-0.4, -0.2) is 8.42 Å². The lowest BCUT2D eigenvalue weighted by atomic mass is 10.1. The van der Waals surface area contributed by atoms with E-state index in [4.69, 9.17) is 11.6 Å². The van der Waals surface area contributed by atoms with Crippen LogP contribution in [0.15, 0.2) is 41.3 Å². The number of fused-ring (bicyclic) bond motifs is 1. The Morgan fingerprint density at radius 2 is 1.69 bits per heavy atom. The van der Waals surface area contributed by atoms with Gasteiger partial charge in [-0.2, -0.15) is 8.42 Å². The molecule has 5 heteroatoms. The maximum Gasteiger partial charge on any atom is 0.297 e. The van der Waals surface area contributed by atoms with Gasteiger partial charge in [-0.15, -0.1) is 0 Å². The van der Waals surface area contributed by atoms with Crippen LogP contribution in [-0.2, 0) is 14.3 Å². The molecule has 2 rings (SSSR count). The molecule has 0 spiro atoms. The van der Waals surface area contributed by atoms with Gasteiger partial charge in [-0.3, -0.25) is 4.18 Å². The second-order valence-corrected chi connectivity index (χ2v) is 5.28. The van der Waals surface area contributed by atoms with Crippen LogP contribution in [0.2, 0.25) is 5.02 Å². The predicted octanol–water partition coefficient (Wildman–Crippen LogP) is 2.99. The van der Waals surface area contributed by atoms with Crippen LogP contribution in [0.5, 0.6) is 0 Å². The molecule has 0 unspecified atom stereocenters. The van der Waals surface area contributed by atoms with Gasteiger partial charge in [0, 0.05) is 5.02 Å². The summed E-state index contributed by atoms with van der Waals surface area (Å²) < 4.78 is 27.0. The van der Waals surface area contributed by atoms with Gasteiger partial charge >= 0.3 is 0 Å². The van der Waals surface area contributed by atoms with Crippen molar-refractivity contribution in [2.24, 2.45) is 0 Å². The zero-order chi connectivity index (χ0) is 11.8. The van der Waals surface area contributed by atoms with Gasteiger partial charge < -0.3 is 0 Å². The van der Waals surface area contributed by atoms with Crippen LogP contribution in [0, 0.1) is 7.11 Å². The summed E-state index contributed by atoms with van der Waals surface area (Å²) in [5, 5.41) is 2.26. The maximum absolute atomic E-state index is 11.4. The molecule has 0 fully saturated rings. The zero-order valence-electron chi connectivity index (χ0n) is 8.18. The highest BCUT2D eigenvalue weighted by Gasteiger charge is 2.12. The molecule has 0 aromatic heterocycles. The van der Waals surface area contributed by atoms with Crippen LogP contribution in [0.1, 0.15) is 0 Å². The smallest absolute Gasteiger partial charge is 0.264 e. The van der Waals surface area contributed by atoms with Crippen molar-refractivity contribution in [1.82, 2.24) is 0 Å². The number of halogens is 1. The van der Waals surface area contributed by atoms with Crippen LogP contribution in [0.3, 0.4) is 0 Å². The summed E-state index contributed by atoms with van der Waals surface area (Å²) >= 11 is 5.82. The lowest BCUT2D eigenvalue weighted by Gasteiger charge is -2.03. The average Bonchev–Trinajstić information content (AvgIpc) is 2.28. The highest BCUT2D eigenvalue weighted by Crippen LogP contribution is 2.23. The van der Waals surface area contributed by atoms with E-state index in [0.717, 1.165) is 10.8 Å². The Morgan fingerprint density at radius 3 is 2.38 bits per heavy atom. The maximum atomic E-state index is 11.4. The Balaban J connectivity index is 2.66. The number of hydrogen-bond acceptors (Lipinski definition) is 3. The van der Waals surface area contributed by atoms with Gasteiger partial charge in [0.2, 0.25) is 0 Å². The Labute approximate surface area is 98.7 Å². The Kier molecular flexibility index (Phi) is 2.88. The van der Waals surface area contributed by atoms with E-state index in [2.05, 4.69) is 11.3 Å². The van der Waals surface area contributed by atoms with Gasteiger partial charge in [0.05, 0.1) is 12.0 Å². The van der Waals surface area contributed by atoms with Crippen molar-refractivity contribution >= 4 is 32.5 Å². The van der Waals surface area contributed by atoms with E-state index in [1.807, 2.05) is 0 Å². The molecule has 0 aliphatic rings. The first kappa shape index (κ1) is 11.4. The minimum atomic E-state index is -3.74. The second-order valence-electron chi connectivity index (χ2n) is 3.23. The van der Waals surface area contributed by atoms with Crippen molar-refractivity contribution in [3.63, 3.8) is 0 Å². The van der Waals surface area contributed by atoms with Crippen molar-refractivity contribution in [1.29, 1.82) is 0 Å². The van der Waals surface area contributed by atoms with Crippen molar-refractivity contribution < 1.29 is 12.6 Å². The van der Waals surface area contributed by atoms with Gasteiger partial charge in [-0.05, 0) is 35.0 Å². The van der Waals surface area contributed by atoms with Crippen molar-refractivity contribution in [3.05, 3.63) is 48.5 Å². The summed E-state index contributed by atoms with van der Waals surface area (Å²) in [5.74, 6) is 0. The fourth-order valence-corrected chi connectivity index (χ4v) is 2.24. The average molecular weight is 256 g/mol. The third-order valence-electron chi connectivity index (χ3n) is 2.22. The molecule has 0 heterocycles. The van der Waals surface area contributed by atoms with E-state index in [1.54, 1.807) is 24.3 Å². The number of benzene rings is 2. The Hall–Kier alpha value is -1.10. The SMILES string of the molecule is [CH2]OS(=O)(=O)c1ccc2cc(Cl)ccc2c1. The first-order valence-electron chi connectivity index (χ1n) is 4.41. The summed E-state index contributed by atoms with van der Waals surface area (Å²) in [7, 11) is -0.825. The van der Waals surface area contributed by atoms with Crippen LogP contribution >= 0.6 is 11.6 Å². The van der Waals surface area contributed by atoms with E-state index < -0.39 is 10.1 Å². The Bertz CT molecular complexity index is 635. The molecule has 0 aliphatic heterocycles. The molecule has 2 aromatic carbocycles. The summed E-state index contributed by atoms with van der Waals surface area (Å²) in [5.41, 5.74) is 0. The van der Waals surface area contributed by atoms with Crippen LogP contribution in [0.4, 0.5) is 0 Å². The van der Waals surface area contributed by atoms with E-state index >= 15 is 0 Å². The summed E-state index contributed by atoms with van der Waals surface area (Å²) in [4.78, 5) is 0.0809. The van der Waals surface area contributed by atoms with Crippen LogP contribution in [0.25, 0.3) is 10.8 Å². The first-order chi connectivity index (χ1) is 7.53. The fourth-order valence-electron chi connectivity index (χ4n) is 1.42. The molecule has 16 heavy (non-hydrogen) atoms. The highest BCUT2D eigenvalue weighted by molar-refractivity contribution is 7.86. The molecular formula is C11H8ClO3S. The van der Waals surface area contributed by atoms with E-state index in [0.29, 0.717) is 5.02 Å². The minimum Gasteiger partial charge on any atom is -0.264 e. The lowest BCUT2D eigenvalue weighted by Crippen LogP contribution is -2.00. The van der Waals surface area contributed by atoms with E-state index in [-0.39, 0.29) is 4.90 Å². The van der Waals surface area contributed by atoms with Crippen LogP contribution < -0.4 is 0 Å². The normalized spacial score (nSPS) is 11.9. The standard InChI is InChI=1S/C11H8ClO3S/c1-15-16(13,14)11-5-3-8-6-10(12)4-2-9(8)7-11/h2-7H,1H2. The second kappa shape index (κ2) is 4.05. The molecular weight excluding hydrogens is 248 g/mol. The Morgan fingerprint density at radius 1 is 1.06 bits per heavy atom. The number of rotatable bonds is 2. The topological polar surface area (TPSA) is 43.4 Å². The molecule has 0 amide bonds. The lowest BCUT2D eigenvalue weighted by molar-refractivity contribution is 0.438. The van der Waals surface area contributed by atoms with Gasteiger partial charge in [0.1, 0.15) is 0 Å². The summed E-state index contributed by atoms with van der Waals surface area (Å²) in [6, 6.07) is 9.86. The molecule has 1 radical (unpaired) electrons. The third kappa shape index (κ3) is 2.04. The molecule has 2 aromatic rings. The largest absolute Gasteiger partial charge is 0.297 e. The van der Waals surface area contributed by atoms with Gasteiger partial charge in [-0.1, -0.05) is 23.7 Å². The highest BCUT2D eigenvalue weighted by atomic mass is 35.5. The third-order valence-corrected chi connectivity index (χ3v) is 3.59. The van der Waals surface area contributed by atoms with Crippen molar-refractivity contribution in [2.75, 3.05) is 0 Å². The molecule has 0 saturated carbocycles. The van der Waals surface area contributed by atoms with E-state index in [1.165, 1.54) is 12.1 Å². The minimum absolute atomic E-state index is 0.0809. The zero-order valence-corrected chi connectivity index (χ0v) is 9.75. The van der Waals surface area contributed by atoms with Crippen molar-refractivity contribution in [3.8, 4) is 0 Å². The van der Waals surface area contributed by atoms with Gasteiger partial charge in [0.25, 0.3) is 10.1 Å². The summed E-state index contributed by atoms with van der Waals surface area (Å²) in [6.07, 6.45) is 0. The summed E-state index contributed by atoms with van der Waals surface area (Å²) in [6.45, 7) is 0.